The highest BCUT2D eigenvalue weighted by atomic mass is 15.1. The van der Waals surface area contributed by atoms with Crippen LogP contribution in [0.15, 0.2) is 133 Å². The Hall–Kier alpha value is -3.91. The van der Waals surface area contributed by atoms with Crippen molar-refractivity contribution in [2.75, 3.05) is 0 Å². The molecule has 0 bridgehead atoms. The van der Waals surface area contributed by atoms with Crippen LogP contribution in [-0.2, 0) is 12.0 Å². The van der Waals surface area contributed by atoms with Crippen LogP contribution in [0.4, 0.5) is 0 Å². The minimum Gasteiger partial charge on any atom is -0.318 e. The van der Waals surface area contributed by atoms with Crippen molar-refractivity contribution in [1.82, 2.24) is 9.55 Å². The number of nitrogens with zero attached hydrogens (tertiary/aromatic N) is 2. The quantitative estimate of drug-likeness (QED) is 0.286. The lowest BCUT2D eigenvalue weighted by atomic mass is 9.76. The van der Waals surface area contributed by atoms with Gasteiger partial charge in [0, 0.05) is 11.8 Å². The average molecular weight is 443 g/mol. The zero-order valence-electron chi connectivity index (χ0n) is 19.6. The smallest absolute Gasteiger partial charge is 0.121 e. The predicted molar refractivity (Wildman–Crippen MR) is 142 cm³/mol. The number of hydrogen-bond donors (Lipinski definition) is 0. The van der Waals surface area contributed by atoms with Crippen molar-refractivity contribution in [3.8, 4) is 11.3 Å². The normalized spacial score (nSPS) is 13.5. The Morgan fingerprint density at radius 2 is 1.50 bits per heavy atom. The van der Waals surface area contributed by atoms with E-state index in [1.165, 1.54) is 22.3 Å². The highest BCUT2D eigenvalue weighted by molar-refractivity contribution is 5.61. The Kier molecular flexibility index (Phi) is 6.40. The van der Waals surface area contributed by atoms with Crippen molar-refractivity contribution in [1.29, 1.82) is 0 Å². The summed E-state index contributed by atoms with van der Waals surface area (Å²) in [6, 6.07) is 30.3. The molecule has 0 saturated carbocycles. The van der Waals surface area contributed by atoms with Gasteiger partial charge in [0.2, 0.25) is 0 Å². The molecule has 3 aromatic carbocycles. The first-order chi connectivity index (χ1) is 16.8. The molecular formula is C32H30N2. The minimum absolute atomic E-state index is 0.541. The molecule has 0 radical (unpaired) electrons. The molecule has 0 N–H and O–H groups in total. The molecule has 1 heterocycles. The molecule has 2 nitrogen and oxygen atoms in total. The van der Waals surface area contributed by atoms with Crippen LogP contribution in [-0.4, -0.2) is 9.55 Å². The van der Waals surface area contributed by atoms with Gasteiger partial charge < -0.3 is 4.57 Å². The van der Waals surface area contributed by atoms with E-state index in [0.29, 0.717) is 0 Å². The number of aryl methyl sites for hydroxylation is 1. The second kappa shape index (κ2) is 9.93. The number of imidazole rings is 1. The summed E-state index contributed by atoms with van der Waals surface area (Å²) in [4.78, 5) is 4.89. The number of benzene rings is 3. The van der Waals surface area contributed by atoms with Crippen molar-refractivity contribution in [2.45, 2.75) is 31.7 Å². The van der Waals surface area contributed by atoms with Crippen LogP contribution < -0.4 is 0 Å². The molecule has 0 unspecified atom stereocenters. The van der Waals surface area contributed by atoms with Crippen LogP contribution in [0.5, 0.6) is 0 Å². The van der Waals surface area contributed by atoms with Gasteiger partial charge in [-0.1, -0.05) is 129 Å². The van der Waals surface area contributed by atoms with E-state index in [9.17, 15) is 0 Å². The Labute approximate surface area is 202 Å². The fourth-order valence-electron chi connectivity index (χ4n) is 4.91. The first-order valence-corrected chi connectivity index (χ1v) is 12.1. The molecule has 168 valence electrons. The molecule has 1 aliphatic rings. The van der Waals surface area contributed by atoms with Gasteiger partial charge in [0.15, 0.2) is 0 Å². The fraction of sp³-hybridized carbons (Fsp3) is 0.156. The maximum atomic E-state index is 4.89. The molecule has 0 atom stereocenters. The summed E-state index contributed by atoms with van der Waals surface area (Å²) < 4.78 is 2.28. The van der Waals surface area contributed by atoms with Crippen LogP contribution in [0.3, 0.4) is 0 Å². The maximum absolute atomic E-state index is 4.89. The molecule has 34 heavy (non-hydrogen) atoms. The van der Waals surface area contributed by atoms with Gasteiger partial charge in [-0.15, -0.1) is 0 Å². The van der Waals surface area contributed by atoms with Crippen molar-refractivity contribution < 1.29 is 0 Å². The van der Waals surface area contributed by atoms with Crippen LogP contribution in [0.1, 0.15) is 36.5 Å². The summed E-state index contributed by atoms with van der Waals surface area (Å²) in [6.07, 6.45) is 18.5. The van der Waals surface area contributed by atoms with Crippen molar-refractivity contribution in [2.24, 2.45) is 0 Å². The number of rotatable bonds is 7. The highest BCUT2D eigenvalue weighted by Gasteiger charge is 2.39. The summed E-state index contributed by atoms with van der Waals surface area (Å²) >= 11 is 0. The molecule has 4 aromatic rings. The van der Waals surface area contributed by atoms with Crippen molar-refractivity contribution in [3.63, 3.8) is 0 Å². The molecule has 5 rings (SSSR count). The van der Waals surface area contributed by atoms with Crippen molar-refractivity contribution >= 4 is 0 Å². The molecular weight excluding hydrogens is 412 g/mol. The zero-order chi connectivity index (χ0) is 23.2. The van der Waals surface area contributed by atoms with Gasteiger partial charge in [-0.25, -0.2) is 4.98 Å². The molecule has 0 amide bonds. The molecule has 0 aliphatic heterocycles. The third-order valence-electron chi connectivity index (χ3n) is 6.54. The lowest BCUT2D eigenvalue weighted by molar-refractivity contribution is 0.513. The Morgan fingerprint density at radius 3 is 2.15 bits per heavy atom. The monoisotopic (exact) mass is 442 g/mol. The molecule has 1 aromatic heterocycles. The van der Waals surface area contributed by atoms with Gasteiger partial charge in [-0.3, -0.25) is 0 Å². The summed E-state index contributed by atoms with van der Waals surface area (Å²) in [5, 5.41) is 0. The Morgan fingerprint density at radius 1 is 0.824 bits per heavy atom. The highest BCUT2D eigenvalue weighted by Crippen LogP contribution is 2.42. The number of aromatic nitrogens is 2. The largest absolute Gasteiger partial charge is 0.318 e. The topological polar surface area (TPSA) is 17.8 Å². The lowest BCUT2D eigenvalue weighted by Gasteiger charge is -2.38. The predicted octanol–water partition coefficient (Wildman–Crippen LogP) is 7.74. The van der Waals surface area contributed by atoms with E-state index >= 15 is 0 Å². The zero-order valence-corrected chi connectivity index (χ0v) is 19.6. The van der Waals surface area contributed by atoms with E-state index in [2.05, 4.69) is 133 Å². The Balaban J connectivity index is 1.72. The van der Waals surface area contributed by atoms with Gasteiger partial charge >= 0.3 is 0 Å². The van der Waals surface area contributed by atoms with E-state index in [-0.39, 0.29) is 0 Å². The van der Waals surface area contributed by atoms with E-state index < -0.39 is 5.54 Å². The maximum Gasteiger partial charge on any atom is 0.121 e. The van der Waals surface area contributed by atoms with Crippen LogP contribution in [0.25, 0.3) is 11.3 Å². The van der Waals surface area contributed by atoms with Gasteiger partial charge in [-0.05, 0) is 35.1 Å². The van der Waals surface area contributed by atoms with Crippen LogP contribution >= 0.6 is 0 Å². The van der Waals surface area contributed by atoms with Gasteiger partial charge in [-0.2, -0.15) is 0 Å². The van der Waals surface area contributed by atoms with Crippen molar-refractivity contribution in [3.05, 3.63) is 150 Å². The molecule has 2 heteroatoms. The van der Waals surface area contributed by atoms with Gasteiger partial charge in [0.25, 0.3) is 0 Å². The summed E-state index contributed by atoms with van der Waals surface area (Å²) in [7, 11) is 0. The Bertz CT molecular complexity index is 1270. The average Bonchev–Trinajstić information content (AvgIpc) is 3.22. The van der Waals surface area contributed by atoms with Gasteiger partial charge in [0.1, 0.15) is 5.54 Å². The number of allylic oxidation sites excluding steroid dienone is 6. The molecule has 0 saturated heterocycles. The first kappa shape index (κ1) is 21.9. The fourth-order valence-corrected chi connectivity index (χ4v) is 4.91. The molecule has 0 fully saturated rings. The third kappa shape index (κ3) is 4.08. The summed E-state index contributed by atoms with van der Waals surface area (Å²) in [5.41, 5.74) is 6.56. The summed E-state index contributed by atoms with van der Waals surface area (Å²) in [6.45, 7) is 2.22. The molecule has 0 spiro atoms. The molecule has 1 aliphatic carbocycles. The third-order valence-corrected chi connectivity index (χ3v) is 6.54. The van der Waals surface area contributed by atoms with Crippen LogP contribution in [0, 0.1) is 0 Å². The van der Waals surface area contributed by atoms with E-state index in [0.717, 1.165) is 30.5 Å². The first-order valence-electron chi connectivity index (χ1n) is 12.1. The number of hydrogen-bond acceptors (Lipinski definition) is 1. The van der Waals surface area contributed by atoms with Crippen LogP contribution in [0.2, 0.25) is 0 Å². The van der Waals surface area contributed by atoms with E-state index in [4.69, 9.17) is 4.98 Å². The van der Waals surface area contributed by atoms with E-state index in [1.54, 1.807) is 0 Å². The standard InChI is InChI=1S/C32H30N2/c1-2-13-26-20-22-27(23-21-26)31-24-34(25-33-31)32(29-16-9-5-10-17-29,30-18-11-6-12-19-30)28-14-7-3-4-8-15-28/h3,5-12,14-25H,2,4,13H2,1H3. The van der Waals surface area contributed by atoms with E-state index in [1.807, 2.05) is 6.33 Å². The van der Waals surface area contributed by atoms with Gasteiger partial charge in [0.05, 0.1) is 12.0 Å². The minimum atomic E-state index is -0.541. The second-order valence-electron chi connectivity index (χ2n) is 8.74. The lowest BCUT2D eigenvalue weighted by Crippen LogP contribution is -2.37. The second-order valence-corrected chi connectivity index (χ2v) is 8.74. The SMILES string of the molecule is CCCc1ccc(-c2cn(C(C3=CC=CCC=C3)(c3ccccc3)c3ccccc3)cn2)cc1. The summed E-state index contributed by atoms with van der Waals surface area (Å²) in [5.74, 6) is 0.